The van der Waals surface area contributed by atoms with Gasteiger partial charge in [-0.05, 0) is 52.9 Å². The summed E-state index contributed by atoms with van der Waals surface area (Å²) in [5, 5.41) is 0. The maximum Gasteiger partial charge on any atom is 0.106 e. The molecule has 1 fully saturated rings. The average molecular weight is 237 g/mol. The van der Waals surface area contributed by atoms with Crippen LogP contribution < -0.4 is 0 Å². The number of pyridine rings is 1. The van der Waals surface area contributed by atoms with Crippen molar-refractivity contribution in [3.8, 4) is 0 Å². The van der Waals surface area contributed by atoms with Crippen molar-refractivity contribution in [1.82, 2.24) is 9.97 Å². The molecule has 0 amide bonds. The van der Waals surface area contributed by atoms with Crippen molar-refractivity contribution in [2.45, 2.75) is 18.8 Å². The Kier molecular flexibility index (Phi) is 1.50. The van der Waals surface area contributed by atoms with Crippen molar-refractivity contribution in [3.05, 3.63) is 28.5 Å². The van der Waals surface area contributed by atoms with Crippen molar-refractivity contribution in [1.29, 1.82) is 0 Å². The number of hydrogen-bond acceptors (Lipinski definition) is 1. The summed E-state index contributed by atoms with van der Waals surface area (Å²) in [4.78, 5) is 7.79. The lowest BCUT2D eigenvalue weighted by atomic mass is 10.3. The van der Waals surface area contributed by atoms with Crippen LogP contribution in [0.2, 0.25) is 0 Å². The predicted octanol–water partition coefficient (Wildman–Crippen LogP) is 3.20. The second-order valence-electron chi connectivity index (χ2n) is 3.57. The Balaban J connectivity index is 2.20. The summed E-state index contributed by atoms with van der Waals surface area (Å²) in [6.45, 7) is 0. The summed E-state index contributed by atoms with van der Waals surface area (Å²) in [5.41, 5.74) is 3.56. The molecule has 0 atom stereocenters. The van der Waals surface area contributed by atoms with Gasteiger partial charge in [0.1, 0.15) is 4.60 Å². The Hall–Kier alpha value is -0.830. The highest BCUT2D eigenvalue weighted by atomic mass is 79.9. The first kappa shape index (κ1) is 7.56. The molecule has 2 nitrogen and oxygen atoms in total. The first-order valence-electron chi connectivity index (χ1n) is 4.48. The fourth-order valence-electron chi connectivity index (χ4n) is 1.62. The van der Waals surface area contributed by atoms with Crippen molar-refractivity contribution < 1.29 is 0 Å². The van der Waals surface area contributed by atoms with E-state index in [1.165, 1.54) is 18.5 Å². The smallest absolute Gasteiger partial charge is 0.106 e. The lowest BCUT2D eigenvalue weighted by molar-refractivity contribution is 1.06. The molecule has 0 bridgehead atoms. The molecule has 13 heavy (non-hydrogen) atoms. The molecule has 0 spiro atoms. The van der Waals surface area contributed by atoms with E-state index in [9.17, 15) is 0 Å². The molecular formula is C10H9BrN2. The maximum absolute atomic E-state index is 4.39. The van der Waals surface area contributed by atoms with Gasteiger partial charge in [-0.2, -0.15) is 0 Å². The van der Waals surface area contributed by atoms with Gasteiger partial charge in [-0.3, -0.25) is 0 Å². The molecule has 3 rings (SSSR count). The maximum atomic E-state index is 4.39. The van der Waals surface area contributed by atoms with Crippen LogP contribution in [0.3, 0.4) is 0 Å². The van der Waals surface area contributed by atoms with Crippen LogP contribution >= 0.6 is 15.9 Å². The SMILES string of the molecule is Brc1ccc2[nH]c(C3CC3)cc2n1. The number of aromatic nitrogens is 2. The minimum Gasteiger partial charge on any atom is -0.357 e. The fraction of sp³-hybridized carbons (Fsp3) is 0.300. The molecule has 1 aliphatic carbocycles. The van der Waals surface area contributed by atoms with E-state index in [1.54, 1.807) is 0 Å². The third-order valence-corrected chi connectivity index (χ3v) is 2.92. The van der Waals surface area contributed by atoms with Crippen molar-refractivity contribution >= 4 is 27.0 Å². The van der Waals surface area contributed by atoms with E-state index in [2.05, 4.69) is 38.0 Å². The number of halogens is 1. The molecule has 0 saturated heterocycles. The highest BCUT2D eigenvalue weighted by Crippen LogP contribution is 2.40. The lowest BCUT2D eigenvalue weighted by Gasteiger charge is -1.88. The van der Waals surface area contributed by atoms with Crippen LogP contribution in [-0.4, -0.2) is 9.97 Å². The van der Waals surface area contributed by atoms with E-state index in [4.69, 9.17) is 0 Å². The number of nitrogens with one attached hydrogen (secondary N) is 1. The third kappa shape index (κ3) is 1.27. The van der Waals surface area contributed by atoms with E-state index >= 15 is 0 Å². The molecule has 2 heterocycles. The average Bonchev–Trinajstić information content (AvgIpc) is 2.87. The van der Waals surface area contributed by atoms with Gasteiger partial charge in [0.15, 0.2) is 0 Å². The molecular weight excluding hydrogens is 228 g/mol. The van der Waals surface area contributed by atoms with E-state index < -0.39 is 0 Å². The number of rotatable bonds is 1. The molecule has 2 aromatic heterocycles. The molecule has 1 N–H and O–H groups in total. The van der Waals surface area contributed by atoms with E-state index in [0.717, 1.165) is 21.6 Å². The van der Waals surface area contributed by atoms with Gasteiger partial charge in [-0.25, -0.2) is 4.98 Å². The van der Waals surface area contributed by atoms with Gasteiger partial charge in [0, 0.05) is 5.69 Å². The van der Waals surface area contributed by atoms with Crippen LogP contribution in [-0.2, 0) is 0 Å². The van der Waals surface area contributed by atoms with Gasteiger partial charge in [-0.15, -0.1) is 0 Å². The molecule has 1 saturated carbocycles. The minimum absolute atomic E-state index is 0.771. The lowest BCUT2D eigenvalue weighted by Crippen LogP contribution is -1.75. The molecule has 2 aromatic rings. The van der Waals surface area contributed by atoms with E-state index in [0.29, 0.717) is 0 Å². The highest BCUT2D eigenvalue weighted by Gasteiger charge is 2.25. The van der Waals surface area contributed by atoms with Crippen LogP contribution in [0.15, 0.2) is 22.8 Å². The summed E-state index contributed by atoms with van der Waals surface area (Å²) >= 11 is 3.37. The molecule has 1 aliphatic rings. The molecule has 0 aliphatic heterocycles. The Morgan fingerprint density at radius 2 is 2.23 bits per heavy atom. The molecule has 66 valence electrons. The van der Waals surface area contributed by atoms with Crippen molar-refractivity contribution in [3.63, 3.8) is 0 Å². The second-order valence-corrected chi connectivity index (χ2v) is 4.38. The van der Waals surface area contributed by atoms with Crippen molar-refractivity contribution in [2.75, 3.05) is 0 Å². The summed E-state index contributed by atoms with van der Waals surface area (Å²) in [7, 11) is 0. The zero-order valence-electron chi connectivity index (χ0n) is 7.05. The second kappa shape index (κ2) is 2.58. The van der Waals surface area contributed by atoms with Gasteiger partial charge in [-0.1, -0.05) is 0 Å². The Morgan fingerprint density at radius 1 is 1.38 bits per heavy atom. The standard InChI is InChI=1S/C10H9BrN2/c11-10-4-3-7-9(13-10)5-8(12-7)6-1-2-6/h3-6,12H,1-2H2. The summed E-state index contributed by atoms with van der Waals surface area (Å²) in [6, 6.07) is 6.20. The highest BCUT2D eigenvalue weighted by molar-refractivity contribution is 9.10. The monoisotopic (exact) mass is 236 g/mol. The Morgan fingerprint density at radius 3 is 3.00 bits per heavy atom. The van der Waals surface area contributed by atoms with Gasteiger partial charge in [0.25, 0.3) is 0 Å². The summed E-state index contributed by atoms with van der Waals surface area (Å²) in [5.74, 6) is 0.771. The van der Waals surface area contributed by atoms with Crippen LogP contribution in [0.25, 0.3) is 11.0 Å². The fourth-order valence-corrected chi connectivity index (χ4v) is 1.94. The molecule has 0 aromatic carbocycles. The zero-order chi connectivity index (χ0) is 8.84. The largest absolute Gasteiger partial charge is 0.357 e. The summed E-state index contributed by atoms with van der Waals surface area (Å²) in [6.07, 6.45) is 2.65. The minimum atomic E-state index is 0.771. The van der Waals surface area contributed by atoms with Gasteiger partial charge in [0.05, 0.1) is 11.0 Å². The topological polar surface area (TPSA) is 28.7 Å². The Labute approximate surface area is 84.5 Å². The van der Waals surface area contributed by atoms with E-state index in [-0.39, 0.29) is 0 Å². The number of hydrogen-bond donors (Lipinski definition) is 1. The van der Waals surface area contributed by atoms with Crippen LogP contribution in [0.4, 0.5) is 0 Å². The number of aromatic amines is 1. The summed E-state index contributed by atoms with van der Waals surface area (Å²) < 4.78 is 0.904. The molecule has 0 unspecified atom stereocenters. The first-order valence-corrected chi connectivity index (χ1v) is 5.27. The zero-order valence-corrected chi connectivity index (χ0v) is 8.63. The molecule has 0 radical (unpaired) electrons. The van der Waals surface area contributed by atoms with E-state index in [1.807, 2.05) is 6.07 Å². The third-order valence-electron chi connectivity index (χ3n) is 2.48. The Bertz CT molecular complexity index is 457. The quantitative estimate of drug-likeness (QED) is 0.758. The molecule has 3 heteroatoms. The predicted molar refractivity (Wildman–Crippen MR) is 55.8 cm³/mol. The van der Waals surface area contributed by atoms with Gasteiger partial charge < -0.3 is 4.98 Å². The van der Waals surface area contributed by atoms with Crippen molar-refractivity contribution in [2.24, 2.45) is 0 Å². The van der Waals surface area contributed by atoms with Gasteiger partial charge in [0.2, 0.25) is 0 Å². The van der Waals surface area contributed by atoms with Crippen LogP contribution in [0.1, 0.15) is 24.5 Å². The van der Waals surface area contributed by atoms with Gasteiger partial charge >= 0.3 is 0 Å². The normalized spacial score (nSPS) is 16.7. The number of nitrogens with zero attached hydrogens (tertiary/aromatic N) is 1. The number of H-pyrrole nitrogens is 1. The van der Waals surface area contributed by atoms with Crippen LogP contribution in [0, 0.1) is 0 Å². The first-order chi connectivity index (χ1) is 6.33. The number of fused-ring (bicyclic) bond motifs is 1. The van der Waals surface area contributed by atoms with Crippen LogP contribution in [0.5, 0.6) is 0 Å².